The van der Waals surface area contributed by atoms with Gasteiger partial charge in [0, 0.05) is 23.1 Å². The second-order valence-corrected chi connectivity index (χ2v) is 4.83. The lowest BCUT2D eigenvalue weighted by molar-refractivity contribution is -0.148. The summed E-state index contributed by atoms with van der Waals surface area (Å²) in [6.45, 7) is 2.19. The van der Waals surface area contributed by atoms with Crippen LogP contribution in [0.25, 0.3) is 0 Å². The first kappa shape index (κ1) is 14.4. The molecule has 0 aliphatic carbocycles. The number of aliphatic carboxylic acids is 1. The Bertz CT molecular complexity index is 371. The van der Waals surface area contributed by atoms with Gasteiger partial charge in [0.15, 0.2) is 6.10 Å². The van der Waals surface area contributed by atoms with Crippen LogP contribution in [0.3, 0.4) is 0 Å². The first-order chi connectivity index (χ1) is 8.15. The van der Waals surface area contributed by atoms with Crippen LogP contribution < -0.4 is 0 Å². The van der Waals surface area contributed by atoms with E-state index in [0.717, 1.165) is 5.56 Å². The molecule has 0 aliphatic heterocycles. The third kappa shape index (κ3) is 4.98. The van der Waals surface area contributed by atoms with E-state index in [1.807, 2.05) is 24.3 Å². The summed E-state index contributed by atoms with van der Waals surface area (Å²) in [4.78, 5) is 10.8. The summed E-state index contributed by atoms with van der Waals surface area (Å²) in [5, 5.41) is 9.60. The van der Waals surface area contributed by atoms with Gasteiger partial charge in [-0.25, -0.2) is 4.79 Å². The van der Waals surface area contributed by atoms with Gasteiger partial charge in [-0.15, -0.1) is 0 Å². The maximum atomic E-state index is 10.8. The predicted molar refractivity (Wildman–Crippen MR) is 70.7 cm³/mol. The summed E-state index contributed by atoms with van der Waals surface area (Å²) in [5.74, 6) is 0.198. The Balaban J connectivity index is 2.41. The Kier molecular flexibility index (Phi) is 6.40. The lowest BCUT2D eigenvalue weighted by atomic mass is 10.2. The molecular weight excluding hydrogens is 260 g/mol. The fourth-order valence-corrected chi connectivity index (χ4v) is 2.61. The van der Waals surface area contributed by atoms with Crippen molar-refractivity contribution in [1.82, 2.24) is 0 Å². The topological polar surface area (TPSA) is 46.5 Å². The summed E-state index contributed by atoms with van der Waals surface area (Å²) in [6, 6.07) is 7.55. The monoisotopic (exact) mass is 274 g/mol. The highest BCUT2D eigenvalue weighted by molar-refractivity contribution is 7.98. The third-order valence-electron chi connectivity index (χ3n) is 2.13. The van der Waals surface area contributed by atoms with Gasteiger partial charge < -0.3 is 9.84 Å². The fourth-order valence-electron chi connectivity index (χ4n) is 1.28. The van der Waals surface area contributed by atoms with E-state index < -0.39 is 12.1 Å². The van der Waals surface area contributed by atoms with Gasteiger partial charge in [0.05, 0.1) is 0 Å². The smallest absolute Gasteiger partial charge is 0.333 e. The number of thioether (sulfide) groups is 1. The van der Waals surface area contributed by atoms with Gasteiger partial charge in [-0.05, 0) is 18.6 Å². The van der Waals surface area contributed by atoms with E-state index in [4.69, 9.17) is 21.4 Å². The molecule has 0 radical (unpaired) electrons. The van der Waals surface area contributed by atoms with Gasteiger partial charge in [-0.2, -0.15) is 11.8 Å². The van der Waals surface area contributed by atoms with Crippen LogP contribution in [0.15, 0.2) is 24.3 Å². The number of benzene rings is 1. The van der Waals surface area contributed by atoms with Gasteiger partial charge in [0.25, 0.3) is 0 Å². The lowest BCUT2D eigenvalue weighted by Gasteiger charge is -2.12. The Morgan fingerprint density at radius 2 is 2.24 bits per heavy atom. The molecule has 1 aromatic carbocycles. The number of hydrogen-bond donors (Lipinski definition) is 1. The average Bonchev–Trinajstić information content (AvgIpc) is 2.30. The molecule has 17 heavy (non-hydrogen) atoms. The van der Waals surface area contributed by atoms with Crippen molar-refractivity contribution in [2.75, 3.05) is 12.4 Å². The van der Waals surface area contributed by atoms with Crippen molar-refractivity contribution in [3.05, 3.63) is 34.9 Å². The van der Waals surface area contributed by atoms with E-state index in [-0.39, 0.29) is 0 Å². The molecule has 1 aromatic rings. The minimum absolute atomic E-state index is 0.406. The largest absolute Gasteiger partial charge is 0.479 e. The minimum Gasteiger partial charge on any atom is -0.479 e. The molecule has 5 heteroatoms. The molecule has 1 atom stereocenters. The molecule has 0 heterocycles. The van der Waals surface area contributed by atoms with Gasteiger partial charge in [0.2, 0.25) is 0 Å². The zero-order valence-electron chi connectivity index (χ0n) is 9.56. The number of ether oxygens (including phenoxy) is 1. The number of carboxylic acid groups (broad SMARTS) is 1. The van der Waals surface area contributed by atoms with Crippen LogP contribution in [0.5, 0.6) is 0 Å². The van der Waals surface area contributed by atoms with Crippen molar-refractivity contribution < 1.29 is 14.6 Å². The van der Waals surface area contributed by atoms with Crippen molar-refractivity contribution in [2.24, 2.45) is 0 Å². The highest BCUT2D eigenvalue weighted by Gasteiger charge is 2.17. The van der Waals surface area contributed by atoms with Crippen LogP contribution in [0.2, 0.25) is 5.02 Å². The summed E-state index contributed by atoms with van der Waals surface area (Å²) < 4.78 is 5.12. The Morgan fingerprint density at radius 3 is 2.82 bits per heavy atom. The number of carbonyl (C=O) groups is 1. The Hall–Kier alpha value is -0.710. The SMILES string of the molecule is CCOC(CSCc1ccccc1Cl)C(=O)O. The van der Waals surface area contributed by atoms with Gasteiger partial charge in [-0.1, -0.05) is 29.8 Å². The number of carboxylic acids is 1. The number of halogens is 1. The third-order valence-corrected chi connectivity index (χ3v) is 3.55. The summed E-state index contributed by atoms with van der Waals surface area (Å²) in [7, 11) is 0. The predicted octanol–water partition coefficient (Wildman–Crippen LogP) is 3.06. The first-order valence-corrected chi connectivity index (χ1v) is 6.84. The van der Waals surface area contributed by atoms with Crippen LogP contribution in [0.1, 0.15) is 12.5 Å². The maximum Gasteiger partial charge on any atom is 0.333 e. The van der Waals surface area contributed by atoms with Crippen molar-refractivity contribution in [3.8, 4) is 0 Å². The normalized spacial score (nSPS) is 12.4. The van der Waals surface area contributed by atoms with E-state index in [1.165, 1.54) is 11.8 Å². The molecule has 1 rings (SSSR count). The second-order valence-electron chi connectivity index (χ2n) is 3.39. The molecule has 0 aromatic heterocycles. The van der Waals surface area contributed by atoms with Gasteiger partial charge in [0.1, 0.15) is 0 Å². The average molecular weight is 275 g/mol. The molecule has 1 N–H and O–H groups in total. The summed E-state index contributed by atoms with van der Waals surface area (Å²) >= 11 is 7.51. The molecule has 0 aliphatic rings. The maximum absolute atomic E-state index is 10.8. The highest BCUT2D eigenvalue weighted by atomic mass is 35.5. The molecular formula is C12H15ClO3S. The number of rotatable bonds is 7. The molecule has 1 unspecified atom stereocenters. The molecule has 0 spiro atoms. The van der Waals surface area contributed by atoms with E-state index in [0.29, 0.717) is 23.1 Å². The fraction of sp³-hybridized carbons (Fsp3) is 0.417. The lowest BCUT2D eigenvalue weighted by Crippen LogP contribution is -2.26. The Labute approximate surface area is 110 Å². The van der Waals surface area contributed by atoms with Crippen LogP contribution in [-0.4, -0.2) is 29.5 Å². The molecule has 0 saturated carbocycles. The molecule has 3 nitrogen and oxygen atoms in total. The van der Waals surface area contributed by atoms with Crippen LogP contribution >= 0.6 is 23.4 Å². The van der Waals surface area contributed by atoms with Crippen LogP contribution in [0, 0.1) is 0 Å². The van der Waals surface area contributed by atoms with Crippen molar-refractivity contribution in [3.63, 3.8) is 0 Å². The van der Waals surface area contributed by atoms with Crippen molar-refractivity contribution in [1.29, 1.82) is 0 Å². The molecule has 0 bridgehead atoms. The minimum atomic E-state index is -0.918. The van der Waals surface area contributed by atoms with Crippen molar-refractivity contribution in [2.45, 2.75) is 18.8 Å². The first-order valence-electron chi connectivity index (χ1n) is 5.30. The zero-order chi connectivity index (χ0) is 12.7. The van der Waals surface area contributed by atoms with Crippen LogP contribution in [-0.2, 0) is 15.3 Å². The van der Waals surface area contributed by atoms with Crippen molar-refractivity contribution >= 4 is 29.3 Å². The second kappa shape index (κ2) is 7.58. The highest BCUT2D eigenvalue weighted by Crippen LogP contribution is 2.21. The van der Waals surface area contributed by atoms with E-state index >= 15 is 0 Å². The van der Waals surface area contributed by atoms with E-state index in [1.54, 1.807) is 6.92 Å². The summed E-state index contributed by atoms with van der Waals surface area (Å²) in [6.07, 6.45) is -0.743. The molecule has 0 saturated heterocycles. The summed E-state index contributed by atoms with van der Waals surface area (Å²) in [5.41, 5.74) is 1.01. The van der Waals surface area contributed by atoms with Gasteiger partial charge in [-0.3, -0.25) is 0 Å². The molecule has 94 valence electrons. The van der Waals surface area contributed by atoms with E-state index in [2.05, 4.69) is 0 Å². The van der Waals surface area contributed by atoms with Crippen LogP contribution in [0.4, 0.5) is 0 Å². The number of hydrogen-bond acceptors (Lipinski definition) is 3. The molecule has 0 amide bonds. The Morgan fingerprint density at radius 1 is 1.53 bits per heavy atom. The molecule has 0 fully saturated rings. The zero-order valence-corrected chi connectivity index (χ0v) is 11.1. The van der Waals surface area contributed by atoms with Gasteiger partial charge >= 0.3 is 5.97 Å². The quantitative estimate of drug-likeness (QED) is 0.830. The standard InChI is InChI=1S/C12H15ClO3S/c1-2-16-11(12(14)15)8-17-7-9-5-3-4-6-10(9)13/h3-6,11H,2,7-8H2,1H3,(H,14,15). The van der Waals surface area contributed by atoms with E-state index in [9.17, 15) is 4.79 Å².